The number of carbonyl (C=O) groups is 3. The highest BCUT2D eigenvalue weighted by Gasteiger charge is 2.07. The zero-order chi connectivity index (χ0) is 14.8. The molecule has 5 nitrogen and oxygen atoms in total. The van der Waals surface area contributed by atoms with Crippen molar-refractivity contribution >= 4 is 17.7 Å². The van der Waals surface area contributed by atoms with E-state index in [2.05, 4.69) is 5.32 Å². The molecule has 1 amide bonds. The largest absolute Gasteiger partial charge is 0.481 e. The lowest BCUT2D eigenvalue weighted by Crippen LogP contribution is -2.24. The zero-order valence-electron chi connectivity index (χ0n) is 11.3. The van der Waals surface area contributed by atoms with Gasteiger partial charge in [-0.05, 0) is 12.8 Å². The number of hydrogen-bond donors (Lipinski definition) is 2. The fourth-order valence-electron chi connectivity index (χ4n) is 1.73. The number of carboxylic acids is 1. The van der Waals surface area contributed by atoms with Crippen LogP contribution in [-0.4, -0.2) is 29.3 Å². The number of nitrogens with one attached hydrogen (secondary N) is 1. The number of rotatable bonds is 9. The Morgan fingerprint density at radius 3 is 2.30 bits per heavy atom. The van der Waals surface area contributed by atoms with Gasteiger partial charge in [-0.15, -0.1) is 0 Å². The quantitative estimate of drug-likeness (QED) is 0.534. The molecule has 0 aliphatic rings. The summed E-state index contributed by atoms with van der Waals surface area (Å²) in [5.74, 6) is -0.978. The van der Waals surface area contributed by atoms with Gasteiger partial charge in [-0.3, -0.25) is 14.4 Å². The van der Waals surface area contributed by atoms with E-state index in [4.69, 9.17) is 5.11 Å². The molecule has 0 spiro atoms. The fourth-order valence-corrected chi connectivity index (χ4v) is 1.73. The van der Waals surface area contributed by atoms with Crippen molar-refractivity contribution in [2.24, 2.45) is 0 Å². The van der Waals surface area contributed by atoms with Gasteiger partial charge in [0.05, 0.1) is 0 Å². The molecule has 0 saturated heterocycles. The first-order valence-corrected chi connectivity index (χ1v) is 6.66. The first kappa shape index (κ1) is 15.9. The van der Waals surface area contributed by atoms with Gasteiger partial charge < -0.3 is 10.4 Å². The van der Waals surface area contributed by atoms with Crippen LogP contribution in [0, 0.1) is 0 Å². The molecule has 0 heterocycles. The Balaban J connectivity index is 2.13. The number of benzene rings is 1. The molecule has 0 unspecified atom stereocenters. The highest BCUT2D eigenvalue weighted by atomic mass is 16.4. The molecule has 20 heavy (non-hydrogen) atoms. The first-order chi connectivity index (χ1) is 9.59. The number of ketones is 1. The Morgan fingerprint density at radius 2 is 1.65 bits per heavy atom. The molecule has 1 aromatic carbocycles. The van der Waals surface area contributed by atoms with Crippen molar-refractivity contribution < 1.29 is 19.5 Å². The van der Waals surface area contributed by atoms with Crippen LogP contribution in [-0.2, 0) is 9.59 Å². The van der Waals surface area contributed by atoms with Gasteiger partial charge in [0.15, 0.2) is 5.78 Å². The Bertz CT molecular complexity index is 456. The zero-order valence-corrected chi connectivity index (χ0v) is 11.3. The summed E-state index contributed by atoms with van der Waals surface area (Å²) in [6, 6.07) is 8.98. The maximum Gasteiger partial charge on any atom is 0.303 e. The van der Waals surface area contributed by atoms with Gasteiger partial charge in [0.25, 0.3) is 0 Å². The van der Waals surface area contributed by atoms with Crippen LogP contribution in [0.1, 0.15) is 42.5 Å². The third kappa shape index (κ3) is 6.68. The topological polar surface area (TPSA) is 83.5 Å². The van der Waals surface area contributed by atoms with Crippen LogP contribution in [0.2, 0.25) is 0 Å². The molecule has 0 bridgehead atoms. The molecule has 5 heteroatoms. The predicted molar refractivity (Wildman–Crippen MR) is 74.5 cm³/mol. The number of aliphatic carboxylic acids is 1. The number of carboxylic acid groups (broad SMARTS) is 1. The van der Waals surface area contributed by atoms with Crippen molar-refractivity contribution in [3.63, 3.8) is 0 Å². The number of hydrogen-bond acceptors (Lipinski definition) is 3. The van der Waals surface area contributed by atoms with Crippen molar-refractivity contribution in [1.82, 2.24) is 5.32 Å². The fraction of sp³-hybridized carbons (Fsp3) is 0.400. The average molecular weight is 277 g/mol. The summed E-state index contributed by atoms with van der Waals surface area (Å²) in [5.41, 5.74) is 0.661. The van der Waals surface area contributed by atoms with Gasteiger partial charge in [-0.1, -0.05) is 30.3 Å². The first-order valence-electron chi connectivity index (χ1n) is 6.66. The van der Waals surface area contributed by atoms with E-state index in [9.17, 15) is 14.4 Å². The van der Waals surface area contributed by atoms with Gasteiger partial charge in [-0.2, -0.15) is 0 Å². The molecular weight excluding hydrogens is 258 g/mol. The molecular formula is C15H19NO4. The van der Waals surface area contributed by atoms with Crippen LogP contribution in [0.5, 0.6) is 0 Å². The van der Waals surface area contributed by atoms with E-state index in [1.54, 1.807) is 12.1 Å². The number of carbonyl (C=O) groups excluding carboxylic acids is 2. The summed E-state index contributed by atoms with van der Waals surface area (Å²) in [7, 11) is 0. The molecule has 108 valence electrons. The Morgan fingerprint density at radius 1 is 0.950 bits per heavy atom. The second kappa shape index (κ2) is 8.85. The molecule has 0 fully saturated rings. The third-order valence-electron chi connectivity index (χ3n) is 2.79. The standard InChI is InChI=1S/C15H19NO4/c17-13(12-6-2-1-3-7-12)8-4-9-14(18)16-11-5-10-15(19)20/h1-3,6-7H,4-5,8-11H2,(H,16,18)(H,19,20). The second-order valence-electron chi connectivity index (χ2n) is 4.49. The van der Waals surface area contributed by atoms with Crippen molar-refractivity contribution in [1.29, 1.82) is 0 Å². The van der Waals surface area contributed by atoms with Gasteiger partial charge in [-0.25, -0.2) is 0 Å². The van der Waals surface area contributed by atoms with Crippen LogP contribution >= 0.6 is 0 Å². The van der Waals surface area contributed by atoms with E-state index in [1.807, 2.05) is 18.2 Å². The second-order valence-corrected chi connectivity index (χ2v) is 4.49. The Hall–Kier alpha value is -2.17. The van der Waals surface area contributed by atoms with Gasteiger partial charge in [0.2, 0.25) is 5.91 Å². The SMILES string of the molecule is O=C(O)CCCNC(=O)CCCC(=O)c1ccccc1. The predicted octanol–water partition coefficient (Wildman–Crippen LogP) is 2.02. The average Bonchev–Trinajstić information content (AvgIpc) is 2.44. The minimum absolute atomic E-state index is 0.0317. The summed E-state index contributed by atoms with van der Waals surface area (Å²) < 4.78 is 0. The van der Waals surface area contributed by atoms with Crippen molar-refractivity contribution in [2.75, 3.05) is 6.54 Å². The van der Waals surface area contributed by atoms with E-state index < -0.39 is 5.97 Å². The van der Waals surface area contributed by atoms with E-state index in [0.29, 0.717) is 31.4 Å². The lowest BCUT2D eigenvalue weighted by molar-refractivity contribution is -0.137. The van der Waals surface area contributed by atoms with E-state index in [1.165, 1.54) is 0 Å². The minimum atomic E-state index is -0.868. The van der Waals surface area contributed by atoms with Gasteiger partial charge in [0.1, 0.15) is 0 Å². The van der Waals surface area contributed by atoms with Crippen molar-refractivity contribution in [3.8, 4) is 0 Å². The lowest BCUT2D eigenvalue weighted by atomic mass is 10.1. The maximum atomic E-state index is 11.8. The molecule has 0 aliphatic heterocycles. The molecule has 2 N–H and O–H groups in total. The highest BCUT2D eigenvalue weighted by Crippen LogP contribution is 2.06. The molecule has 0 aromatic heterocycles. The third-order valence-corrected chi connectivity index (χ3v) is 2.79. The summed E-state index contributed by atoms with van der Waals surface area (Å²) in [5, 5.41) is 11.1. The Labute approximate surface area is 118 Å². The van der Waals surface area contributed by atoms with E-state index in [-0.39, 0.29) is 24.5 Å². The summed E-state index contributed by atoms with van der Waals surface area (Å²) in [4.78, 5) is 33.5. The summed E-state index contributed by atoms with van der Waals surface area (Å²) >= 11 is 0. The van der Waals surface area contributed by atoms with Crippen molar-refractivity contribution in [2.45, 2.75) is 32.1 Å². The smallest absolute Gasteiger partial charge is 0.303 e. The van der Waals surface area contributed by atoms with Crippen LogP contribution in [0.25, 0.3) is 0 Å². The molecule has 0 saturated carbocycles. The Kier molecular flexibility index (Phi) is 7.03. The summed E-state index contributed by atoms with van der Waals surface area (Å²) in [6.45, 7) is 0.359. The number of Topliss-reactive ketones (excluding diaryl/α,β-unsaturated/α-hetero) is 1. The van der Waals surface area contributed by atoms with Gasteiger partial charge in [0, 0.05) is 31.4 Å². The number of amides is 1. The lowest BCUT2D eigenvalue weighted by Gasteiger charge is -2.04. The molecule has 1 rings (SSSR count). The molecule has 0 aliphatic carbocycles. The normalized spacial score (nSPS) is 10.0. The van der Waals surface area contributed by atoms with Crippen LogP contribution in [0.4, 0.5) is 0 Å². The van der Waals surface area contributed by atoms with Crippen LogP contribution in [0.3, 0.4) is 0 Å². The van der Waals surface area contributed by atoms with Crippen LogP contribution < -0.4 is 5.32 Å². The van der Waals surface area contributed by atoms with Gasteiger partial charge >= 0.3 is 5.97 Å². The minimum Gasteiger partial charge on any atom is -0.481 e. The molecule has 1 aromatic rings. The monoisotopic (exact) mass is 277 g/mol. The maximum absolute atomic E-state index is 11.8. The molecule has 0 radical (unpaired) electrons. The van der Waals surface area contributed by atoms with E-state index in [0.717, 1.165) is 0 Å². The highest BCUT2D eigenvalue weighted by molar-refractivity contribution is 5.96. The summed E-state index contributed by atoms with van der Waals surface area (Å²) in [6.07, 6.45) is 1.59. The van der Waals surface area contributed by atoms with Crippen LogP contribution in [0.15, 0.2) is 30.3 Å². The van der Waals surface area contributed by atoms with E-state index >= 15 is 0 Å². The van der Waals surface area contributed by atoms with Crippen molar-refractivity contribution in [3.05, 3.63) is 35.9 Å². The molecule has 0 atom stereocenters.